The van der Waals surface area contributed by atoms with Crippen molar-refractivity contribution >= 4 is 39.5 Å². The average molecular weight is 476 g/mol. The van der Waals surface area contributed by atoms with Gasteiger partial charge in [0.1, 0.15) is 0 Å². The first-order valence-corrected chi connectivity index (χ1v) is 12.0. The van der Waals surface area contributed by atoms with E-state index in [0.29, 0.717) is 13.2 Å². The Hall–Kier alpha value is -3.56. The third-order valence-electron chi connectivity index (χ3n) is 6.12. The molecule has 0 N–H and O–H groups in total. The van der Waals surface area contributed by atoms with Gasteiger partial charge in [0.15, 0.2) is 0 Å². The van der Waals surface area contributed by atoms with E-state index in [-0.39, 0.29) is 10.6 Å². The summed E-state index contributed by atoms with van der Waals surface area (Å²) in [6.07, 6.45) is 5.77. The van der Waals surface area contributed by atoms with E-state index in [9.17, 15) is 10.1 Å². The molecule has 0 bridgehead atoms. The lowest BCUT2D eigenvalue weighted by molar-refractivity contribution is -0.384. The zero-order chi connectivity index (χ0) is 23.5. The Morgan fingerprint density at radius 1 is 1.09 bits per heavy atom. The minimum atomic E-state index is -0.375. The molecule has 2 heterocycles. The van der Waals surface area contributed by atoms with Crippen molar-refractivity contribution in [3.63, 3.8) is 0 Å². The van der Waals surface area contributed by atoms with E-state index in [1.807, 2.05) is 25.4 Å². The summed E-state index contributed by atoms with van der Waals surface area (Å²) in [5, 5.41) is 20.0. The fourth-order valence-corrected chi connectivity index (χ4v) is 5.37. The SMILES string of the molecule is Cn1/c(=N\N=C\C2=C(N3CCOCC3)C(=C\c3ccc([N+](=O)[O-])cc3)/CC2)sc2ccccc21. The fourth-order valence-electron chi connectivity index (χ4n) is 4.39. The van der Waals surface area contributed by atoms with Gasteiger partial charge < -0.3 is 14.2 Å². The number of fused-ring (bicyclic) bond motifs is 1. The number of ether oxygens (including phenoxy) is 1. The van der Waals surface area contributed by atoms with Gasteiger partial charge in [0.25, 0.3) is 5.69 Å². The van der Waals surface area contributed by atoms with E-state index >= 15 is 0 Å². The normalized spacial score (nSPS) is 18.7. The van der Waals surface area contributed by atoms with Crippen LogP contribution in [0.15, 0.2) is 75.6 Å². The highest BCUT2D eigenvalue weighted by molar-refractivity contribution is 7.16. The number of para-hydroxylation sites is 1. The van der Waals surface area contributed by atoms with E-state index in [2.05, 4.69) is 37.9 Å². The standard InChI is InChI=1S/C25H25N5O3S/c1-28-22-4-2-3-5-23(22)34-25(28)27-26-17-20-9-8-19(24(20)29-12-14-33-15-13-29)16-18-6-10-21(11-7-18)30(31)32/h2-7,10-11,16-17H,8-9,12-15H2,1H3/b19-16-,26-17+,27-25+. The van der Waals surface area contributed by atoms with Crippen molar-refractivity contribution in [2.24, 2.45) is 17.3 Å². The number of morpholine rings is 1. The van der Waals surface area contributed by atoms with Gasteiger partial charge in [0, 0.05) is 38.0 Å². The Bertz CT molecular complexity index is 1380. The molecule has 1 saturated heterocycles. The molecule has 1 fully saturated rings. The number of aromatic nitrogens is 1. The van der Waals surface area contributed by atoms with Crippen LogP contribution in [0.4, 0.5) is 5.69 Å². The first-order chi connectivity index (χ1) is 16.6. The van der Waals surface area contributed by atoms with Crippen LogP contribution in [0.3, 0.4) is 0 Å². The van der Waals surface area contributed by atoms with Gasteiger partial charge in [0.05, 0.1) is 34.6 Å². The number of hydrogen-bond acceptors (Lipinski definition) is 7. The number of non-ortho nitro benzene ring substituents is 1. The summed E-state index contributed by atoms with van der Waals surface area (Å²) in [5.41, 5.74) is 5.74. The topological polar surface area (TPSA) is 85.3 Å². The Kier molecular flexibility index (Phi) is 6.37. The molecular formula is C25H25N5O3S. The summed E-state index contributed by atoms with van der Waals surface area (Å²) >= 11 is 1.62. The maximum atomic E-state index is 11.0. The predicted molar refractivity (Wildman–Crippen MR) is 135 cm³/mol. The molecule has 2 aromatic carbocycles. The number of allylic oxidation sites excluding steroid dienone is 2. The Morgan fingerprint density at radius 2 is 1.85 bits per heavy atom. The van der Waals surface area contributed by atoms with Crippen LogP contribution in [-0.4, -0.2) is 46.9 Å². The molecular weight excluding hydrogens is 450 g/mol. The second kappa shape index (κ2) is 9.74. The molecule has 34 heavy (non-hydrogen) atoms. The molecule has 0 radical (unpaired) electrons. The molecule has 0 amide bonds. The van der Waals surface area contributed by atoms with E-state index in [1.54, 1.807) is 35.6 Å². The minimum absolute atomic E-state index is 0.0985. The Morgan fingerprint density at radius 3 is 2.59 bits per heavy atom. The summed E-state index contributed by atoms with van der Waals surface area (Å²) in [5.74, 6) is 0. The molecule has 5 rings (SSSR count). The van der Waals surface area contributed by atoms with Crippen LogP contribution in [0.1, 0.15) is 18.4 Å². The molecule has 2 aliphatic rings. The van der Waals surface area contributed by atoms with Crippen LogP contribution >= 0.6 is 11.3 Å². The number of aryl methyl sites for hydroxylation is 1. The maximum absolute atomic E-state index is 11.0. The summed E-state index contributed by atoms with van der Waals surface area (Å²) in [6.45, 7) is 3.04. The van der Waals surface area contributed by atoms with E-state index in [0.717, 1.165) is 47.4 Å². The van der Waals surface area contributed by atoms with Gasteiger partial charge in [-0.3, -0.25) is 10.1 Å². The van der Waals surface area contributed by atoms with Crippen LogP contribution in [-0.2, 0) is 11.8 Å². The van der Waals surface area contributed by atoms with Gasteiger partial charge in [-0.05, 0) is 59.9 Å². The zero-order valence-electron chi connectivity index (χ0n) is 18.9. The largest absolute Gasteiger partial charge is 0.378 e. The van der Waals surface area contributed by atoms with Crippen LogP contribution < -0.4 is 4.80 Å². The number of nitrogens with zero attached hydrogens (tertiary/aromatic N) is 5. The van der Waals surface area contributed by atoms with Crippen molar-refractivity contribution in [3.8, 4) is 0 Å². The second-order valence-corrected chi connectivity index (χ2v) is 9.26. The van der Waals surface area contributed by atoms with Gasteiger partial charge in [-0.2, -0.15) is 5.10 Å². The number of nitro groups is 1. The Labute approximate surface area is 201 Å². The number of thiazole rings is 1. The molecule has 3 aromatic rings. The van der Waals surface area contributed by atoms with Crippen molar-refractivity contribution in [1.82, 2.24) is 9.47 Å². The third-order valence-corrected chi connectivity index (χ3v) is 7.22. The van der Waals surface area contributed by atoms with Crippen LogP contribution in [0.25, 0.3) is 16.3 Å². The molecule has 1 aliphatic carbocycles. The van der Waals surface area contributed by atoms with E-state index in [4.69, 9.17) is 4.74 Å². The van der Waals surface area contributed by atoms with Crippen molar-refractivity contribution < 1.29 is 9.66 Å². The monoisotopic (exact) mass is 475 g/mol. The van der Waals surface area contributed by atoms with Crippen molar-refractivity contribution in [2.75, 3.05) is 26.3 Å². The molecule has 0 unspecified atom stereocenters. The van der Waals surface area contributed by atoms with Crippen molar-refractivity contribution in [2.45, 2.75) is 12.8 Å². The third kappa shape index (κ3) is 4.57. The van der Waals surface area contributed by atoms with Crippen LogP contribution in [0.5, 0.6) is 0 Å². The molecule has 1 aliphatic heterocycles. The molecule has 0 atom stereocenters. The first-order valence-electron chi connectivity index (χ1n) is 11.2. The Balaban J connectivity index is 1.48. The van der Waals surface area contributed by atoms with Gasteiger partial charge in [-0.25, -0.2) is 0 Å². The highest BCUT2D eigenvalue weighted by atomic mass is 32.1. The van der Waals surface area contributed by atoms with E-state index < -0.39 is 0 Å². The van der Waals surface area contributed by atoms with Gasteiger partial charge >= 0.3 is 0 Å². The first kappa shape index (κ1) is 22.2. The van der Waals surface area contributed by atoms with Crippen molar-refractivity contribution in [3.05, 3.63) is 85.9 Å². The highest BCUT2D eigenvalue weighted by Crippen LogP contribution is 2.35. The molecule has 0 saturated carbocycles. The van der Waals surface area contributed by atoms with E-state index in [1.165, 1.54) is 16.0 Å². The van der Waals surface area contributed by atoms with Gasteiger partial charge in [0.2, 0.25) is 4.80 Å². The zero-order valence-corrected chi connectivity index (χ0v) is 19.7. The minimum Gasteiger partial charge on any atom is -0.378 e. The van der Waals surface area contributed by atoms with Crippen LogP contribution in [0.2, 0.25) is 0 Å². The van der Waals surface area contributed by atoms with Crippen LogP contribution in [0, 0.1) is 10.1 Å². The summed E-state index contributed by atoms with van der Waals surface area (Å²) < 4.78 is 8.80. The predicted octanol–water partition coefficient (Wildman–Crippen LogP) is 4.50. The second-order valence-electron chi connectivity index (χ2n) is 8.25. The quantitative estimate of drug-likeness (QED) is 0.309. The van der Waals surface area contributed by atoms with Crippen molar-refractivity contribution in [1.29, 1.82) is 0 Å². The lowest BCUT2D eigenvalue weighted by atomic mass is 10.1. The lowest BCUT2D eigenvalue weighted by Crippen LogP contribution is -2.36. The number of nitro benzene ring substituents is 1. The summed E-state index contributed by atoms with van der Waals surface area (Å²) in [7, 11) is 2.01. The maximum Gasteiger partial charge on any atom is 0.269 e. The number of hydrogen-bond donors (Lipinski definition) is 0. The average Bonchev–Trinajstić information content (AvgIpc) is 3.40. The van der Waals surface area contributed by atoms with Gasteiger partial charge in [-0.1, -0.05) is 23.5 Å². The number of benzene rings is 2. The summed E-state index contributed by atoms with van der Waals surface area (Å²) in [4.78, 5) is 13.8. The molecule has 1 aromatic heterocycles. The highest BCUT2D eigenvalue weighted by Gasteiger charge is 2.25. The molecule has 8 nitrogen and oxygen atoms in total. The fraction of sp³-hybridized carbons (Fsp3) is 0.280. The van der Waals surface area contributed by atoms with Gasteiger partial charge in [-0.15, -0.1) is 5.10 Å². The lowest BCUT2D eigenvalue weighted by Gasteiger charge is -2.31. The molecule has 174 valence electrons. The molecule has 0 spiro atoms. The number of rotatable bonds is 5. The smallest absolute Gasteiger partial charge is 0.269 e. The molecule has 9 heteroatoms. The summed E-state index contributed by atoms with van der Waals surface area (Å²) in [6, 6.07) is 14.9.